The molecule has 4 heteroatoms. The van der Waals surface area contributed by atoms with E-state index in [0.29, 0.717) is 0 Å². The maximum atomic E-state index is 4.96. The van der Waals surface area contributed by atoms with Crippen LogP contribution in [-0.4, -0.2) is 19.1 Å². The highest BCUT2D eigenvalue weighted by molar-refractivity contribution is 5.99. The average Bonchev–Trinajstić information content (AvgIpc) is 3.80. The van der Waals surface area contributed by atoms with Gasteiger partial charge in [0.15, 0.2) is 5.82 Å². The number of allylic oxidation sites excluding steroid dienone is 13. The third-order valence-electron chi connectivity index (χ3n) is 10.6. The summed E-state index contributed by atoms with van der Waals surface area (Å²) in [5, 5.41) is 1.18. The van der Waals surface area contributed by atoms with E-state index in [1.807, 2.05) is 82.3 Å². The third kappa shape index (κ3) is 9.62. The predicted molar refractivity (Wildman–Crippen MR) is 260 cm³/mol. The molecule has 0 N–H and O–H groups in total. The molecule has 1 aliphatic carbocycles. The number of hydrogen-bond donors (Lipinski definition) is 0. The molecule has 59 heavy (non-hydrogen) atoms. The molecule has 300 valence electrons. The van der Waals surface area contributed by atoms with E-state index < -0.39 is 0 Å². The lowest BCUT2D eigenvalue weighted by Crippen LogP contribution is -2.01. The Morgan fingerprint density at radius 2 is 1.58 bits per heavy atom. The Kier molecular flexibility index (Phi) is 15.7. The van der Waals surface area contributed by atoms with Crippen molar-refractivity contribution in [1.82, 2.24) is 19.1 Å². The maximum absolute atomic E-state index is 4.96. The zero-order valence-electron chi connectivity index (χ0n) is 36.1. The summed E-state index contributed by atoms with van der Waals surface area (Å²) < 4.78 is 4.38. The molecule has 1 atom stereocenters. The Hall–Kier alpha value is -6.52. The van der Waals surface area contributed by atoms with Crippen LogP contribution in [0.1, 0.15) is 94.7 Å². The van der Waals surface area contributed by atoms with Gasteiger partial charge in [-0.15, -0.1) is 0 Å². The van der Waals surface area contributed by atoms with Crippen LogP contribution in [0.3, 0.4) is 0 Å². The van der Waals surface area contributed by atoms with Gasteiger partial charge in [-0.1, -0.05) is 139 Å². The summed E-state index contributed by atoms with van der Waals surface area (Å²) >= 11 is 0. The molecule has 0 spiro atoms. The molecule has 0 aliphatic heterocycles. The Labute approximate surface area is 353 Å². The zero-order valence-corrected chi connectivity index (χ0v) is 36.1. The highest BCUT2D eigenvalue weighted by Gasteiger charge is 2.18. The molecular weight excluding hydrogens is 717 g/mol. The smallest absolute Gasteiger partial charge is 0.164 e. The fourth-order valence-electron chi connectivity index (χ4n) is 7.65. The SMILES string of the molecule is C=C/C=C\C1=C(/C)c2ccc(/C(C=C)=C/c3c(C)n(/C=C/C=C(\C=C)n4c(-c5ccccn5)nc5ccccc54)c4ccccc34)cc2C(C)/C=C\CCC1.CC.CC. The first-order valence-electron chi connectivity index (χ1n) is 21.1. The van der Waals surface area contributed by atoms with Crippen LogP contribution >= 0.6 is 0 Å². The average molecular weight is 777 g/mol. The van der Waals surface area contributed by atoms with Gasteiger partial charge in [0.2, 0.25) is 0 Å². The quantitative estimate of drug-likeness (QED) is 0.103. The highest BCUT2D eigenvalue weighted by atomic mass is 15.1. The minimum absolute atomic E-state index is 0.279. The van der Waals surface area contributed by atoms with Gasteiger partial charge in [0, 0.05) is 34.7 Å². The number of imidazole rings is 1. The highest BCUT2D eigenvalue weighted by Crippen LogP contribution is 2.36. The molecule has 3 heterocycles. The number of para-hydroxylation sites is 3. The number of nitrogens with zero attached hydrogens (tertiary/aromatic N) is 4. The van der Waals surface area contributed by atoms with E-state index in [2.05, 4.69) is 152 Å². The molecule has 0 saturated carbocycles. The molecule has 3 aromatic heterocycles. The summed E-state index contributed by atoms with van der Waals surface area (Å²) in [4.78, 5) is 9.57. The first-order valence-corrected chi connectivity index (χ1v) is 21.1. The number of fused-ring (bicyclic) bond motifs is 3. The van der Waals surface area contributed by atoms with Crippen molar-refractivity contribution in [3.8, 4) is 11.5 Å². The van der Waals surface area contributed by atoms with Crippen LogP contribution in [0.5, 0.6) is 0 Å². The second kappa shape index (κ2) is 21.3. The van der Waals surface area contributed by atoms with E-state index in [0.717, 1.165) is 69.9 Å². The molecule has 3 aromatic carbocycles. The van der Waals surface area contributed by atoms with Crippen LogP contribution in [0.15, 0.2) is 171 Å². The van der Waals surface area contributed by atoms with Gasteiger partial charge in [0.1, 0.15) is 5.69 Å². The molecule has 4 nitrogen and oxygen atoms in total. The van der Waals surface area contributed by atoms with E-state index in [9.17, 15) is 0 Å². The lowest BCUT2D eigenvalue weighted by atomic mass is 9.85. The first kappa shape index (κ1) is 43.6. The van der Waals surface area contributed by atoms with Gasteiger partial charge in [-0.2, -0.15) is 0 Å². The standard InChI is InChI=1S/C51H48N4.2C2H6/c1-7-10-22-40-23-13-11-12-21-36(4)45-35-41(30-31-43(45)37(40)5)39(8-2)34-46-38(6)54(49-28-16-14-25-44(46)49)33-20-24-42(9-3)55-50-29-17-15-26-47(50)53-51(55)48-27-18-19-32-52-48;2*1-2/h7-10,12,14-22,24-36H,1-3,11,13,23H2,4-6H3;2*1-2H3/b21-12-,22-10-,33-20+,39-34+,40-37-,42-24+;;. The second-order valence-electron chi connectivity index (χ2n) is 14.0. The van der Waals surface area contributed by atoms with Crippen LogP contribution in [0.25, 0.3) is 62.6 Å². The molecule has 0 amide bonds. The minimum atomic E-state index is 0.279. The van der Waals surface area contributed by atoms with Crippen molar-refractivity contribution in [2.45, 2.75) is 73.6 Å². The third-order valence-corrected chi connectivity index (χ3v) is 10.6. The predicted octanol–water partition coefficient (Wildman–Crippen LogP) is 15.7. The maximum Gasteiger partial charge on any atom is 0.164 e. The van der Waals surface area contributed by atoms with Crippen LogP contribution in [0.2, 0.25) is 0 Å². The van der Waals surface area contributed by atoms with Crippen LogP contribution < -0.4 is 0 Å². The molecule has 1 aliphatic rings. The number of aromatic nitrogens is 4. The molecule has 0 radical (unpaired) electrons. The van der Waals surface area contributed by atoms with Crippen molar-refractivity contribution in [3.05, 3.63) is 199 Å². The van der Waals surface area contributed by atoms with Crippen molar-refractivity contribution in [2.24, 2.45) is 0 Å². The van der Waals surface area contributed by atoms with Crippen molar-refractivity contribution >= 4 is 51.1 Å². The van der Waals surface area contributed by atoms with Crippen LogP contribution in [0.4, 0.5) is 0 Å². The number of benzene rings is 3. The lowest BCUT2D eigenvalue weighted by Gasteiger charge is -2.20. The van der Waals surface area contributed by atoms with Crippen LogP contribution in [-0.2, 0) is 0 Å². The molecule has 1 unspecified atom stereocenters. The number of hydrogen-bond acceptors (Lipinski definition) is 2. The Morgan fingerprint density at radius 1 is 0.831 bits per heavy atom. The largest absolute Gasteiger partial charge is 0.320 e. The molecule has 6 aromatic rings. The molecule has 0 fully saturated rings. The van der Waals surface area contributed by atoms with Gasteiger partial charge in [-0.05, 0) is 133 Å². The molecular formula is C55H60N4. The first-order chi connectivity index (χ1) is 28.9. The number of pyridine rings is 1. The Bertz CT molecular complexity index is 2590. The van der Waals surface area contributed by atoms with Crippen molar-refractivity contribution in [1.29, 1.82) is 0 Å². The summed E-state index contributed by atoms with van der Waals surface area (Å²) in [6.07, 6.45) is 28.3. The Balaban J connectivity index is 0.00000160. The van der Waals surface area contributed by atoms with Gasteiger partial charge in [0.25, 0.3) is 0 Å². The van der Waals surface area contributed by atoms with Gasteiger partial charge in [0.05, 0.1) is 16.6 Å². The molecule has 0 bridgehead atoms. The van der Waals surface area contributed by atoms with E-state index in [1.54, 1.807) is 6.20 Å². The summed E-state index contributed by atoms with van der Waals surface area (Å²) in [7, 11) is 0. The summed E-state index contributed by atoms with van der Waals surface area (Å²) in [5.41, 5.74) is 14.6. The fraction of sp³-hybridized carbons (Fsp3) is 0.200. The van der Waals surface area contributed by atoms with E-state index in [4.69, 9.17) is 4.98 Å². The minimum Gasteiger partial charge on any atom is -0.320 e. The van der Waals surface area contributed by atoms with Crippen molar-refractivity contribution in [3.63, 3.8) is 0 Å². The van der Waals surface area contributed by atoms with Crippen molar-refractivity contribution < 1.29 is 0 Å². The number of rotatable bonds is 10. The lowest BCUT2D eigenvalue weighted by molar-refractivity contribution is 0.832. The van der Waals surface area contributed by atoms with Crippen molar-refractivity contribution in [2.75, 3.05) is 0 Å². The van der Waals surface area contributed by atoms with Gasteiger partial charge >= 0.3 is 0 Å². The summed E-state index contributed by atoms with van der Waals surface area (Å²) in [6, 6.07) is 29.5. The van der Waals surface area contributed by atoms with Gasteiger partial charge in [-0.25, -0.2) is 4.98 Å². The second-order valence-corrected chi connectivity index (χ2v) is 14.0. The van der Waals surface area contributed by atoms with Gasteiger partial charge in [-0.3, -0.25) is 9.55 Å². The van der Waals surface area contributed by atoms with Gasteiger partial charge < -0.3 is 4.57 Å². The zero-order chi connectivity index (χ0) is 42.3. The molecule has 0 saturated heterocycles. The monoisotopic (exact) mass is 776 g/mol. The summed E-state index contributed by atoms with van der Waals surface area (Å²) in [5.74, 6) is 1.05. The topological polar surface area (TPSA) is 35.6 Å². The molecule has 7 rings (SSSR count). The van der Waals surface area contributed by atoms with E-state index in [-0.39, 0.29) is 5.92 Å². The Morgan fingerprint density at radius 3 is 2.31 bits per heavy atom. The summed E-state index contributed by atoms with van der Waals surface area (Å²) in [6.45, 7) is 27.1. The van der Waals surface area contributed by atoms with Crippen LogP contribution in [0, 0.1) is 6.92 Å². The van der Waals surface area contributed by atoms with E-state index >= 15 is 0 Å². The fourth-order valence-corrected chi connectivity index (χ4v) is 7.65. The van der Waals surface area contributed by atoms with E-state index in [1.165, 1.54) is 33.2 Å². The normalized spacial score (nSPS) is 16.6.